The van der Waals surface area contributed by atoms with Crippen molar-refractivity contribution in [2.75, 3.05) is 0 Å². The Kier molecular flexibility index (Phi) is 3.94. The molecule has 0 saturated heterocycles. The summed E-state index contributed by atoms with van der Waals surface area (Å²) in [4.78, 5) is 3.91. The fourth-order valence-electron chi connectivity index (χ4n) is 1.19. The zero-order chi connectivity index (χ0) is 10.4. The zero-order valence-corrected chi connectivity index (χ0v) is 8.20. The molecule has 0 atom stereocenters. The lowest BCUT2D eigenvalue weighted by Crippen LogP contribution is -2.27. The summed E-state index contributed by atoms with van der Waals surface area (Å²) in [5.41, 5.74) is 9.08. The Hall–Kier alpha value is -1.55. The van der Waals surface area contributed by atoms with Crippen molar-refractivity contribution in [2.24, 2.45) is 10.7 Å². The number of nitrogens with zero attached hydrogens (tertiary/aromatic N) is 1. The summed E-state index contributed by atoms with van der Waals surface area (Å²) in [6, 6.07) is 7.75. The monoisotopic (exact) mass is 193 g/mol. The number of hydrogen-bond acceptors (Lipinski definition) is 2. The molecule has 1 aromatic carbocycles. The number of aryl methyl sites for hydroxylation is 1. The molecule has 4 heteroatoms. The molecule has 4 nitrogen and oxygen atoms in total. The van der Waals surface area contributed by atoms with Crippen molar-refractivity contribution >= 4 is 11.6 Å². The molecule has 0 aliphatic rings. The van der Waals surface area contributed by atoms with Crippen molar-refractivity contribution in [3.05, 3.63) is 29.8 Å². The van der Waals surface area contributed by atoms with Crippen LogP contribution in [0.15, 0.2) is 29.3 Å². The maximum Gasteiger partial charge on any atom is 0.218 e. The summed E-state index contributed by atoms with van der Waals surface area (Å²) >= 11 is 0. The molecule has 4 N–H and O–H groups in total. The summed E-state index contributed by atoms with van der Waals surface area (Å²) in [6.45, 7) is 2.14. The lowest BCUT2D eigenvalue weighted by molar-refractivity contribution is 0.233. The summed E-state index contributed by atoms with van der Waals surface area (Å²) in [5, 5.41) is 8.43. The summed E-state index contributed by atoms with van der Waals surface area (Å²) < 4.78 is 0. The molecular weight excluding hydrogens is 178 g/mol. The molecule has 1 rings (SSSR count). The number of nitrogens with one attached hydrogen (secondary N) is 1. The van der Waals surface area contributed by atoms with Gasteiger partial charge in [-0.15, -0.1) is 0 Å². The van der Waals surface area contributed by atoms with Crippen LogP contribution in [0.5, 0.6) is 0 Å². The molecule has 0 unspecified atom stereocenters. The van der Waals surface area contributed by atoms with Crippen LogP contribution in [0.25, 0.3) is 0 Å². The van der Waals surface area contributed by atoms with Crippen LogP contribution in [0.2, 0.25) is 0 Å². The Morgan fingerprint density at radius 2 is 2.07 bits per heavy atom. The summed E-state index contributed by atoms with van der Waals surface area (Å²) in [5.74, 6) is -0.00626. The van der Waals surface area contributed by atoms with Gasteiger partial charge in [0.15, 0.2) is 0 Å². The van der Waals surface area contributed by atoms with Crippen LogP contribution in [0.4, 0.5) is 5.69 Å². The molecule has 0 saturated carbocycles. The SMILES string of the molecule is CCCc1ccc(N=C(N)NO)cc1. The summed E-state index contributed by atoms with van der Waals surface area (Å²) in [7, 11) is 0. The Morgan fingerprint density at radius 3 is 2.57 bits per heavy atom. The normalized spacial score (nSPS) is 11.4. The molecule has 0 aromatic heterocycles. The van der Waals surface area contributed by atoms with Gasteiger partial charge in [-0.1, -0.05) is 25.5 Å². The minimum absolute atomic E-state index is 0.00626. The molecule has 0 aliphatic heterocycles. The fraction of sp³-hybridized carbons (Fsp3) is 0.300. The van der Waals surface area contributed by atoms with Gasteiger partial charge in [0.05, 0.1) is 5.69 Å². The molecule has 76 valence electrons. The Bertz CT molecular complexity index is 306. The quantitative estimate of drug-likeness (QED) is 0.387. The first-order chi connectivity index (χ1) is 6.76. The summed E-state index contributed by atoms with van der Waals surface area (Å²) in [6.07, 6.45) is 2.20. The van der Waals surface area contributed by atoms with E-state index >= 15 is 0 Å². The minimum Gasteiger partial charge on any atom is -0.368 e. The third-order valence-electron chi connectivity index (χ3n) is 1.84. The standard InChI is InChI=1S/C10H15N3O/c1-2-3-8-4-6-9(7-5-8)12-10(11)13-14/h4-7,14H,2-3H2,1H3,(H3,11,12,13). The Balaban J connectivity index is 2.73. The second-order valence-corrected chi connectivity index (χ2v) is 3.03. The first-order valence-corrected chi connectivity index (χ1v) is 4.59. The van der Waals surface area contributed by atoms with Gasteiger partial charge in [-0.25, -0.2) is 10.5 Å². The van der Waals surface area contributed by atoms with E-state index in [2.05, 4.69) is 11.9 Å². The van der Waals surface area contributed by atoms with Gasteiger partial charge < -0.3 is 5.73 Å². The third-order valence-corrected chi connectivity index (χ3v) is 1.84. The number of aliphatic imine (C=N–C) groups is 1. The van der Waals surface area contributed by atoms with Crippen molar-refractivity contribution in [3.8, 4) is 0 Å². The van der Waals surface area contributed by atoms with Crippen LogP contribution < -0.4 is 11.2 Å². The van der Waals surface area contributed by atoms with Crippen LogP contribution in [-0.4, -0.2) is 11.2 Å². The smallest absolute Gasteiger partial charge is 0.218 e. The van der Waals surface area contributed by atoms with Gasteiger partial charge in [-0.2, -0.15) is 0 Å². The number of benzene rings is 1. The Labute approximate surface area is 83.4 Å². The molecule has 0 aliphatic carbocycles. The van der Waals surface area contributed by atoms with Crippen LogP contribution >= 0.6 is 0 Å². The van der Waals surface area contributed by atoms with E-state index in [-0.39, 0.29) is 5.96 Å². The molecule has 0 amide bonds. The molecule has 0 heterocycles. The Morgan fingerprint density at radius 1 is 1.43 bits per heavy atom. The third kappa shape index (κ3) is 3.06. The number of guanidine groups is 1. The molecule has 1 aromatic rings. The van der Waals surface area contributed by atoms with Gasteiger partial charge in [-0.05, 0) is 24.1 Å². The van der Waals surface area contributed by atoms with Gasteiger partial charge in [0.2, 0.25) is 5.96 Å². The average molecular weight is 193 g/mol. The van der Waals surface area contributed by atoms with Crippen LogP contribution in [-0.2, 0) is 6.42 Å². The van der Waals surface area contributed by atoms with Gasteiger partial charge in [0.1, 0.15) is 0 Å². The molecule has 14 heavy (non-hydrogen) atoms. The fourth-order valence-corrected chi connectivity index (χ4v) is 1.19. The van der Waals surface area contributed by atoms with Crippen molar-refractivity contribution in [3.63, 3.8) is 0 Å². The van der Waals surface area contributed by atoms with E-state index in [1.807, 2.05) is 24.3 Å². The zero-order valence-electron chi connectivity index (χ0n) is 8.20. The predicted molar refractivity (Wildman–Crippen MR) is 56.6 cm³/mol. The van der Waals surface area contributed by atoms with Crippen LogP contribution in [0.3, 0.4) is 0 Å². The van der Waals surface area contributed by atoms with E-state index in [4.69, 9.17) is 10.9 Å². The number of hydrogen-bond donors (Lipinski definition) is 3. The van der Waals surface area contributed by atoms with E-state index in [9.17, 15) is 0 Å². The molecular formula is C10H15N3O. The largest absolute Gasteiger partial charge is 0.368 e. The highest BCUT2D eigenvalue weighted by molar-refractivity contribution is 5.79. The van der Waals surface area contributed by atoms with E-state index in [1.54, 1.807) is 5.48 Å². The second-order valence-electron chi connectivity index (χ2n) is 3.03. The first-order valence-electron chi connectivity index (χ1n) is 4.59. The highest BCUT2D eigenvalue weighted by Gasteiger charge is 1.93. The minimum atomic E-state index is -0.00626. The molecule has 0 radical (unpaired) electrons. The number of rotatable bonds is 3. The predicted octanol–water partition coefficient (Wildman–Crippen LogP) is 1.56. The van der Waals surface area contributed by atoms with Gasteiger partial charge >= 0.3 is 0 Å². The first kappa shape index (κ1) is 10.5. The van der Waals surface area contributed by atoms with Gasteiger partial charge in [0, 0.05) is 0 Å². The average Bonchev–Trinajstić information content (AvgIpc) is 2.21. The second kappa shape index (κ2) is 5.24. The molecule has 0 bridgehead atoms. The van der Waals surface area contributed by atoms with E-state index in [0.29, 0.717) is 0 Å². The van der Waals surface area contributed by atoms with Gasteiger partial charge in [0.25, 0.3) is 0 Å². The van der Waals surface area contributed by atoms with Crippen LogP contribution in [0.1, 0.15) is 18.9 Å². The number of nitrogens with two attached hydrogens (primary N) is 1. The van der Waals surface area contributed by atoms with E-state index < -0.39 is 0 Å². The van der Waals surface area contributed by atoms with E-state index in [0.717, 1.165) is 18.5 Å². The maximum atomic E-state index is 8.43. The maximum absolute atomic E-state index is 8.43. The number of hydroxylamine groups is 1. The van der Waals surface area contributed by atoms with Crippen molar-refractivity contribution in [1.29, 1.82) is 0 Å². The van der Waals surface area contributed by atoms with Crippen molar-refractivity contribution in [1.82, 2.24) is 5.48 Å². The lowest BCUT2D eigenvalue weighted by atomic mass is 10.1. The van der Waals surface area contributed by atoms with Crippen LogP contribution in [0, 0.1) is 0 Å². The molecule has 0 fully saturated rings. The van der Waals surface area contributed by atoms with E-state index in [1.165, 1.54) is 5.56 Å². The highest BCUT2D eigenvalue weighted by atomic mass is 16.5. The highest BCUT2D eigenvalue weighted by Crippen LogP contribution is 2.13. The van der Waals surface area contributed by atoms with Crippen molar-refractivity contribution < 1.29 is 5.21 Å². The van der Waals surface area contributed by atoms with Gasteiger partial charge in [-0.3, -0.25) is 5.21 Å². The topological polar surface area (TPSA) is 70.6 Å². The van der Waals surface area contributed by atoms with Crippen molar-refractivity contribution in [2.45, 2.75) is 19.8 Å². The molecule has 0 spiro atoms. The lowest BCUT2D eigenvalue weighted by Gasteiger charge is -2.00.